The van der Waals surface area contributed by atoms with Gasteiger partial charge in [-0.15, -0.1) is 0 Å². The van der Waals surface area contributed by atoms with Gasteiger partial charge in [0.15, 0.2) is 0 Å². The van der Waals surface area contributed by atoms with Crippen LogP contribution in [0.25, 0.3) is 44.4 Å². The first-order valence-corrected chi connectivity index (χ1v) is 21.1. The first-order chi connectivity index (χ1) is 27.1. The van der Waals surface area contributed by atoms with E-state index in [9.17, 15) is 0 Å². The second-order valence-corrected chi connectivity index (χ2v) is 18.8. The number of hydrogen-bond acceptors (Lipinski definition) is 3. The zero-order valence-electron chi connectivity index (χ0n) is 36.4. The van der Waals surface area contributed by atoms with E-state index in [0.717, 1.165) is 53.3 Å². The third-order valence-corrected chi connectivity index (χ3v) is 11.0. The van der Waals surface area contributed by atoms with Gasteiger partial charge in [-0.25, -0.2) is 9.67 Å². The van der Waals surface area contributed by atoms with Crippen LogP contribution < -0.4 is 4.74 Å². The summed E-state index contributed by atoms with van der Waals surface area (Å²) in [6.07, 6.45) is 9.48. The number of nitrogens with zero attached hydrogens (tertiary/aromatic N) is 4. The van der Waals surface area contributed by atoms with Gasteiger partial charge in [0.25, 0.3) is 0 Å². The maximum atomic E-state index is 6.64. The van der Waals surface area contributed by atoms with Crippen molar-refractivity contribution >= 4 is 21.8 Å². The molecule has 0 atom stereocenters. The van der Waals surface area contributed by atoms with Gasteiger partial charge in [0.1, 0.15) is 17.3 Å². The molecule has 0 saturated heterocycles. The molecule has 5 nitrogen and oxygen atoms in total. The molecule has 0 aliphatic heterocycles. The van der Waals surface area contributed by atoms with Crippen molar-refractivity contribution in [3.05, 3.63) is 131 Å². The highest BCUT2D eigenvalue weighted by Crippen LogP contribution is 2.47. The molecule has 7 rings (SSSR count). The number of aryl methyl sites for hydroxylation is 1. The Morgan fingerprint density at radius 2 is 1.33 bits per heavy atom. The van der Waals surface area contributed by atoms with Crippen molar-refractivity contribution in [2.24, 2.45) is 17.8 Å². The summed E-state index contributed by atoms with van der Waals surface area (Å²) in [5.41, 5.74) is 14.6. The predicted octanol–water partition coefficient (Wildman–Crippen LogP) is 14.1. The fourth-order valence-electron chi connectivity index (χ4n) is 8.95. The summed E-state index contributed by atoms with van der Waals surface area (Å²) in [5, 5.41) is 7.41. The molecule has 0 saturated carbocycles. The lowest BCUT2D eigenvalue weighted by atomic mass is 9.69. The number of pyridine rings is 1. The zero-order chi connectivity index (χ0) is 40.8. The third-order valence-electron chi connectivity index (χ3n) is 11.0. The zero-order valence-corrected chi connectivity index (χ0v) is 36.4. The highest BCUT2D eigenvalue weighted by molar-refractivity contribution is 6.09. The maximum absolute atomic E-state index is 6.64. The molecule has 0 aliphatic rings. The van der Waals surface area contributed by atoms with Gasteiger partial charge in [-0.3, -0.25) is 4.57 Å². The topological polar surface area (TPSA) is 44.9 Å². The van der Waals surface area contributed by atoms with E-state index in [1.807, 2.05) is 23.0 Å². The standard InChI is InChI=1S/C52H62N4O/c1-32(2)24-43-44(25-33(3)4)49(35(7)8)50(51(52(10,11)12)45(43)26-34(5)6)37-30-54-55(31-37)38-16-15-17-39(28-38)57-40-20-21-42-41-18-13-14-19-46(41)56(47(42)29-40)48-27-36(9)22-23-53-48/h13-23,27-35H,24-26H2,1-12H3. The van der Waals surface area contributed by atoms with E-state index in [-0.39, 0.29) is 5.41 Å². The molecule has 3 aromatic heterocycles. The van der Waals surface area contributed by atoms with E-state index in [1.165, 1.54) is 38.6 Å². The molecule has 296 valence electrons. The summed E-state index contributed by atoms with van der Waals surface area (Å²) in [6.45, 7) is 28.3. The first kappa shape index (κ1) is 40.1. The molecule has 0 bridgehead atoms. The van der Waals surface area contributed by atoms with Crippen LogP contribution in [0.3, 0.4) is 0 Å². The molecule has 0 aliphatic carbocycles. The quantitative estimate of drug-likeness (QED) is 0.125. The summed E-state index contributed by atoms with van der Waals surface area (Å²) >= 11 is 0. The highest BCUT2D eigenvalue weighted by Gasteiger charge is 2.32. The molecule has 5 heteroatoms. The van der Waals surface area contributed by atoms with E-state index < -0.39 is 0 Å². The van der Waals surface area contributed by atoms with Crippen LogP contribution in [0.2, 0.25) is 0 Å². The number of aromatic nitrogens is 4. The number of ether oxygens (including phenoxy) is 1. The summed E-state index contributed by atoms with van der Waals surface area (Å²) < 4.78 is 10.9. The lowest BCUT2D eigenvalue weighted by molar-refractivity contribution is 0.483. The molecule has 0 spiro atoms. The maximum Gasteiger partial charge on any atom is 0.137 e. The molecule has 0 unspecified atom stereocenters. The van der Waals surface area contributed by atoms with Gasteiger partial charge >= 0.3 is 0 Å². The molecule has 0 N–H and O–H groups in total. The lowest BCUT2D eigenvalue weighted by Gasteiger charge is -2.35. The average Bonchev–Trinajstić information content (AvgIpc) is 3.75. The average molecular weight is 759 g/mol. The number of benzene rings is 4. The number of hydrogen-bond donors (Lipinski definition) is 0. The number of para-hydroxylation sites is 1. The van der Waals surface area contributed by atoms with Crippen molar-refractivity contribution in [2.75, 3.05) is 0 Å². The van der Waals surface area contributed by atoms with E-state index in [0.29, 0.717) is 23.7 Å². The largest absolute Gasteiger partial charge is 0.457 e. The van der Waals surface area contributed by atoms with Crippen LogP contribution in [0.1, 0.15) is 115 Å². The van der Waals surface area contributed by atoms with Crippen LogP contribution in [-0.4, -0.2) is 19.3 Å². The number of fused-ring (bicyclic) bond motifs is 3. The summed E-state index contributed by atoms with van der Waals surface area (Å²) in [6, 6.07) is 27.3. The van der Waals surface area contributed by atoms with Crippen molar-refractivity contribution in [3.63, 3.8) is 0 Å². The van der Waals surface area contributed by atoms with Crippen molar-refractivity contribution in [2.45, 2.75) is 114 Å². The molecule has 57 heavy (non-hydrogen) atoms. The van der Waals surface area contributed by atoms with E-state index in [1.54, 1.807) is 16.7 Å². The predicted molar refractivity (Wildman–Crippen MR) is 241 cm³/mol. The molecule has 4 aromatic carbocycles. The molecule has 0 amide bonds. The van der Waals surface area contributed by atoms with Crippen LogP contribution in [0.15, 0.2) is 97.5 Å². The van der Waals surface area contributed by atoms with Gasteiger partial charge in [-0.1, -0.05) is 100 Å². The minimum absolute atomic E-state index is 0.0522. The Hall–Kier alpha value is -5.16. The summed E-state index contributed by atoms with van der Waals surface area (Å²) in [5.74, 6) is 4.48. The van der Waals surface area contributed by atoms with E-state index in [4.69, 9.17) is 14.8 Å². The Morgan fingerprint density at radius 1 is 0.667 bits per heavy atom. The van der Waals surface area contributed by atoms with Crippen molar-refractivity contribution in [1.82, 2.24) is 19.3 Å². The fourth-order valence-corrected chi connectivity index (χ4v) is 8.95. The Morgan fingerprint density at radius 3 is 2.02 bits per heavy atom. The van der Waals surface area contributed by atoms with Crippen LogP contribution in [-0.2, 0) is 24.7 Å². The van der Waals surface area contributed by atoms with Crippen LogP contribution in [0.5, 0.6) is 11.5 Å². The molecular formula is C52H62N4O. The Balaban J connectivity index is 1.32. The summed E-state index contributed by atoms with van der Waals surface area (Å²) in [4.78, 5) is 4.76. The minimum atomic E-state index is -0.0522. The van der Waals surface area contributed by atoms with Gasteiger partial charge in [0.05, 0.1) is 22.9 Å². The first-order valence-electron chi connectivity index (χ1n) is 21.1. The van der Waals surface area contributed by atoms with Crippen LogP contribution >= 0.6 is 0 Å². The normalized spacial score (nSPS) is 12.4. The van der Waals surface area contributed by atoms with Gasteiger partial charge in [0.2, 0.25) is 0 Å². The highest BCUT2D eigenvalue weighted by atomic mass is 16.5. The molecule has 0 radical (unpaired) electrons. The second kappa shape index (κ2) is 16.0. The lowest BCUT2D eigenvalue weighted by Crippen LogP contribution is -2.23. The van der Waals surface area contributed by atoms with Crippen molar-refractivity contribution in [3.8, 4) is 34.1 Å². The molecule has 7 aromatic rings. The fraction of sp³-hybridized carbons (Fsp3) is 0.385. The van der Waals surface area contributed by atoms with Gasteiger partial charge in [-0.05, 0) is 137 Å². The molecule has 0 fully saturated rings. The minimum Gasteiger partial charge on any atom is -0.457 e. The Labute approximate surface area is 341 Å². The van der Waals surface area contributed by atoms with E-state index in [2.05, 4.69) is 167 Å². The van der Waals surface area contributed by atoms with Gasteiger partial charge in [0, 0.05) is 40.9 Å². The van der Waals surface area contributed by atoms with Crippen LogP contribution in [0.4, 0.5) is 0 Å². The van der Waals surface area contributed by atoms with Gasteiger partial charge < -0.3 is 4.74 Å². The second-order valence-electron chi connectivity index (χ2n) is 18.8. The third kappa shape index (κ3) is 8.17. The monoisotopic (exact) mass is 758 g/mol. The van der Waals surface area contributed by atoms with E-state index >= 15 is 0 Å². The van der Waals surface area contributed by atoms with Gasteiger partial charge in [-0.2, -0.15) is 5.10 Å². The SMILES string of the molecule is Cc1ccnc(-n2c3ccccc3c3ccc(Oc4cccc(-n5cc(-c6c(C(C)C)c(CC(C)C)c(CC(C)C)c(CC(C)C)c6C(C)(C)C)cn5)c4)cc32)c1. The number of rotatable bonds is 12. The molecular weight excluding hydrogens is 697 g/mol. The molecule has 3 heterocycles. The van der Waals surface area contributed by atoms with Crippen molar-refractivity contribution in [1.29, 1.82) is 0 Å². The summed E-state index contributed by atoms with van der Waals surface area (Å²) in [7, 11) is 0. The van der Waals surface area contributed by atoms with Crippen molar-refractivity contribution < 1.29 is 4.74 Å². The Kier molecular flexibility index (Phi) is 11.2. The Bertz CT molecular complexity index is 2540. The van der Waals surface area contributed by atoms with Crippen LogP contribution in [0, 0.1) is 24.7 Å². The smallest absolute Gasteiger partial charge is 0.137 e.